The van der Waals surface area contributed by atoms with Gasteiger partial charge in [-0.05, 0) is 33.3 Å². The number of rotatable bonds is 5. The van der Waals surface area contributed by atoms with Crippen LogP contribution in [-0.4, -0.2) is 29.1 Å². The van der Waals surface area contributed by atoms with E-state index in [9.17, 15) is 9.59 Å². The van der Waals surface area contributed by atoms with E-state index in [-0.39, 0.29) is 18.9 Å². The minimum absolute atomic E-state index is 0.122. The fourth-order valence-electron chi connectivity index (χ4n) is 2.12. The molecule has 2 aromatic rings. The van der Waals surface area contributed by atoms with Crippen LogP contribution < -0.4 is 10.6 Å². The van der Waals surface area contributed by atoms with Crippen molar-refractivity contribution in [3.8, 4) is 10.4 Å². The fraction of sp³-hybridized carbons (Fsp3) is 0.389. The molecule has 1 heterocycles. The zero-order valence-electron chi connectivity index (χ0n) is 14.9. The maximum absolute atomic E-state index is 11.9. The second-order valence-corrected chi connectivity index (χ2v) is 7.52. The van der Waals surface area contributed by atoms with Crippen molar-refractivity contribution in [1.82, 2.24) is 10.3 Å². The number of ether oxygens (including phenoxy) is 1. The van der Waals surface area contributed by atoms with Crippen molar-refractivity contribution >= 4 is 28.5 Å². The first-order valence-corrected chi connectivity index (χ1v) is 8.86. The molecule has 0 saturated heterocycles. The van der Waals surface area contributed by atoms with Gasteiger partial charge in [0.2, 0.25) is 0 Å². The Hall–Kier alpha value is -2.41. The molecular weight excluding hydrogens is 338 g/mol. The van der Waals surface area contributed by atoms with Crippen LogP contribution in [0.2, 0.25) is 0 Å². The Labute approximate surface area is 151 Å². The molecule has 2 rings (SSSR count). The second kappa shape index (κ2) is 8.11. The number of hydrogen-bond donors (Lipinski definition) is 2. The Balaban J connectivity index is 1.84. The number of carbonyl (C=O) groups excluding carboxylic acids is 2. The molecule has 0 fully saturated rings. The predicted octanol–water partition coefficient (Wildman–Crippen LogP) is 3.97. The van der Waals surface area contributed by atoms with Gasteiger partial charge < -0.3 is 10.1 Å². The molecule has 0 bridgehead atoms. The van der Waals surface area contributed by atoms with Crippen LogP contribution in [0.4, 0.5) is 9.93 Å². The van der Waals surface area contributed by atoms with Gasteiger partial charge >= 0.3 is 12.0 Å². The van der Waals surface area contributed by atoms with E-state index in [0.717, 1.165) is 16.1 Å². The highest BCUT2D eigenvalue weighted by Gasteiger charge is 2.16. The second-order valence-electron chi connectivity index (χ2n) is 6.52. The highest BCUT2D eigenvalue weighted by Crippen LogP contribution is 2.32. The number of carbonyl (C=O) groups is 2. The Bertz CT molecular complexity index is 736. The minimum Gasteiger partial charge on any atom is -0.460 e. The van der Waals surface area contributed by atoms with Gasteiger partial charge in [0.1, 0.15) is 5.60 Å². The van der Waals surface area contributed by atoms with E-state index in [1.165, 1.54) is 11.3 Å². The Morgan fingerprint density at radius 2 is 1.88 bits per heavy atom. The number of amides is 2. The third-order valence-electron chi connectivity index (χ3n) is 3.09. The molecule has 25 heavy (non-hydrogen) atoms. The molecular formula is C18H23N3O3S. The summed E-state index contributed by atoms with van der Waals surface area (Å²) in [6, 6.07) is 9.50. The maximum atomic E-state index is 11.9. The van der Waals surface area contributed by atoms with E-state index in [1.54, 1.807) is 20.8 Å². The molecule has 2 amide bonds. The molecule has 134 valence electrons. The van der Waals surface area contributed by atoms with Crippen LogP contribution >= 0.6 is 11.3 Å². The topological polar surface area (TPSA) is 80.3 Å². The molecule has 0 radical (unpaired) electrons. The summed E-state index contributed by atoms with van der Waals surface area (Å²) in [6.07, 6.45) is 0.122. The van der Waals surface area contributed by atoms with Gasteiger partial charge in [-0.2, -0.15) is 0 Å². The normalized spacial score (nSPS) is 11.0. The molecule has 0 aliphatic heterocycles. The monoisotopic (exact) mass is 361 g/mol. The third-order valence-corrected chi connectivity index (χ3v) is 4.21. The number of nitrogens with one attached hydrogen (secondary N) is 2. The highest BCUT2D eigenvalue weighted by atomic mass is 32.1. The Morgan fingerprint density at radius 3 is 2.52 bits per heavy atom. The van der Waals surface area contributed by atoms with Crippen molar-refractivity contribution in [2.45, 2.75) is 39.7 Å². The predicted molar refractivity (Wildman–Crippen MR) is 99.8 cm³/mol. The van der Waals surface area contributed by atoms with Crippen LogP contribution in [0, 0.1) is 6.92 Å². The van der Waals surface area contributed by atoms with Crippen molar-refractivity contribution in [3.63, 3.8) is 0 Å². The SMILES string of the molecule is Cc1nc(NC(=O)NCCC(=O)OC(C)(C)C)sc1-c1ccccc1. The summed E-state index contributed by atoms with van der Waals surface area (Å²) in [5, 5.41) is 5.85. The number of thiazole rings is 1. The van der Waals surface area contributed by atoms with Gasteiger partial charge in [-0.3, -0.25) is 10.1 Å². The van der Waals surface area contributed by atoms with Gasteiger partial charge in [0.15, 0.2) is 5.13 Å². The molecule has 0 aliphatic rings. The Morgan fingerprint density at radius 1 is 1.20 bits per heavy atom. The van der Waals surface area contributed by atoms with Crippen LogP contribution in [-0.2, 0) is 9.53 Å². The van der Waals surface area contributed by atoms with Crippen LogP contribution in [0.3, 0.4) is 0 Å². The standard InChI is InChI=1S/C18H23N3O3S/c1-12-15(13-8-6-5-7-9-13)25-17(20-12)21-16(23)19-11-10-14(22)24-18(2,3)4/h5-9H,10-11H2,1-4H3,(H2,19,20,21,23). The molecule has 0 atom stereocenters. The lowest BCUT2D eigenvalue weighted by Gasteiger charge is -2.19. The maximum Gasteiger partial charge on any atom is 0.321 e. The number of nitrogens with zero attached hydrogens (tertiary/aromatic N) is 1. The zero-order valence-corrected chi connectivity index (χ0v) is 15.7. The van der Waals surface area contributed by atoms with E-state index in [0.29, 0.717) is 5.13 Å². The number of aryl methyl sites for hydroxylation is 1. The first kappa shape index (κ1) is 18.9. The number of aromatic nitrogens is 1. The quantitative estimate of drug-likeness (QED) is 0.790. The molecule has 6 nitrogen and oxygen atoms in total. The lowest BCUT2D eigenvalue weighted by atomic mass is 10.2. The van der Waals surface area contributed by atoms with E-state index >= 15 is 0 Å². The summed E-state index contributed by atoms with van der Waals surface area (Å²) in [5.41, 5.74) is 1.40. The van der Waals surface area contributed by atoms with Gasteiger partial charge in [0.05, 0.1) is 17.0 Å². The van der Waals surface area contributed by atoms with Crippen LogP contribution in [0.5, 0.6) is 0 Å². The van der Waals surface area contributed by atoms with Gasteiger partial charge in [0.25, 0.3) is 0 Å². The van der Waals surface area contributed by atoms with E-state index in [1.807, 2.05) is 37.3 Å². The van der Waals surface area contributed by atoms with Crippen LogP contribution in [0.25, 0.3) is 10.4 Å². The molecule has 1 aromatic heterocycles. The average Bonchev–Trinajstić information content (AvgIpc) is 2.86. The summed E-state index contributed by atoms with van der Waals surface area (Å²) in [5.74, 6) is -0.343. The third kappa shape index (κ3) is 6.19. The van der Waals surface area contributed by atoms with Crippen LogP contribution in [0.1, 0.15) is 32.9 Å². The number of urea groups is 1. The van der Waals surface area contributed by atoms with E-state index in [2.05, 4.69) is 15.6 Å². The highest BCUT2D eigenvalue weighted by molar-refractivity contribution is 7.19. The number of benzene rings is 1. The molecule has 0 unspecified atom stereocenters. The fourth-order valence-corrected chi connectivity index (χ4v) is 3.09. The number of hydrogen-bond acceptors (Lipinski definition) is 5. The van der Waals surface area contributed by atoms with Crippen LogP contribution in [0.15, 0.2) is 30.3 Å². The lowest BCUT2D eigenvalue weighted by Crippen LogP contribution is -2.32. The van der Waals surface area contributed by atoms with Crippen molar-refractivity contribution < 1.29 is 14.3 Å². The van der Waals surface area contributed by atoms with Gasteiger partial charge in [-0.25, -0.2) is 9.78 Å². The van der Waals surface area contributed by atoms with Crippen molar-refractivity contribution in [3.05, 3.63) is 36.0 Å². The largest absolute Gasteiger partial charge is 0.460 e. The van der Waals surface area contributed by atoms with Gasteiger partial charge in [-0.15, -0.1) is 0 Å². The smallest absolute Gasteiger partial charge is 0.321 e. The molecule has 2 N–H and O–H groups in total. The van der Waals surface area contributed by atoms with E-state index in [4.69, 9.17) is 4.74 Å². The van der Waals surface area contributed by atoms with Gasteiger partial charge in [-0.1, -0.05) is 41.7 Å². The number of esters is 1. The molecule has 0 aliphatic carbocycles. The summed E-state index contributed by atoms with van der Waals surface area (Å²) in [4.78, 5) is 28.9. The first-order valence-electron chi connectivity index (χ1n) is 8.04. The Kier molecular flexibility index (Phi) is 6.14. The molecule has 7 heteroatoms. The number of anilines is 1. The lowest BCUT2D eigenvalue weighted by molar-refractivity contribution is -0.154. The zero-order chi connectivity index (χ0) is 18.4. The van der Waals surface area contributed by atoms with E-state index < -0.39 is 11.6 Å². The summed E-state index contributed by atoms with van der Waals surface area (Å²) >= 11 is 1.41. The molecule has 1 aromatic carbocycles. The van der Waals surface area contributed by atoms with Gasteiger partial charge in [0, 0.05) is 6.54 Å². The van der Waals surface area contributed by atoms with Crippen molar-refractivity contribution in [1.29, 1.82) is 0 Å². The van der Waals surface area contributed by atoms with Crippen molar-refractivity contribution in [2.75, 3.05) is 11.9 Å². The first-order chi connectivity index (χ1) is 11.7. The average molecular weight is 361 g/mol. The minimum atomic E-state index is -0.522. The summed E-state index contributed by atoms with van der Waals surface area (Å²) in [7, 11) is 0. The summed E-state index contributed by atoms with van der Waals surface area (Å²) in [6.45, 7) is 7.53. The summed E-state index contributed by atoms with van der Waals surface area (Å²) < 4.78 is 5.18. The van der Waals surface area contributed by atoms with Crippen molar-refractivity contribution in [2.24, 2.45) is 0 Å². The molecule has 0 saturated carbocycles. The molecule has 0 spiro atoms.